The van der Waals surface area contributed by atoms with Gasteiger partial charge < -0.3 is 36.9 Å². The van der Waals surface area contributed by atoms with Crippen molar-refractivity contribution in [2.75, 3.05) is 6.61 Å². The van der Waals surface area contributed by atoms with Crippen molar-refractivity contribution >= 4 is 34.6 Å². The third kappa shape index (κ3) is 7.79. The predicted molar refractivity (Wildman–Crippen MR) is 135 cm³/mol. The molecule has 11 nitrogen and oxygen atoms in total. The number of carbonyl (C=O) groups is 4. The van der Waals surface area contributed by atoms with Gasteiger partial charge in [-0.2, -0.15) is 0 Å². The standard InChI is InChI=1S/C25H37N5O6/c1-13(2)9-19(25(35)36)28-23(33)20(12-31)29-24(34)21(14(3)4)30-22(32)17(26)10-15-11-27-18-8-6-5-7-16(15)18/h5-8,11,13-14,17,19-21,27,31H,9-10,12,26H2,1-4H3,(H,28,33)(H,29,34)(H,30,32)(H,35,36). The van der Waals surface area contributed by atoms with Crippen LogP contribution in [0.2, 0.25) is 0 Å². The minimum absolute atomic E-state index is 0.00238. The first kappa shape index (κ1) is 28.8. The number of aromatic nitrogens is 1. The van der Waals surface area contributed by atoms with Crippen molar-refractivity contribution in [3.63, 3.8) is 0 Å². The summed E-state index contributed by atoms with van der Waals surface area (Å²) in [5, 5.41) is 27.4. The first-order valence-corrected chi connectivity index (χ1v) is 12.0. The minimum atomic E-state index is -1.38. The van der Waals surface area contributed by atoms with Crippen LogP contribution in [0.5, 0.6) is 0 Å². The van der Waals surface area contributed by atoms with E-state index in [-0.39, 0.29) is 24.7 Å². The van der Waals surface area contributed by atoms with E-state index in [1.165, 1.54) is 0 Å². The summed E-state index contributed by atoms with van der Waals surface area (Å²) < 4.78 is 0. The van der Waals surface area contributed by atoms with Crippen molar-refractivity contribution < 1.29 is 29.4 Å². The van der Waals surface area contributed by atoms with Gasteiger partial charge in [-0.05, 0) is 36.3 Å². The SMILES string of the molecule is CC(C)CC(NC(=O)C(CO)NC(=O)C(NC(=O)C(N)Cc1c[nH]c2ccccc12)C(C)C)C(=O)O. The van der Waals surface area contributed by atoms with E-state index in [9.17, 15) is 29.4 Å². The molecule has 0 saturated carbocycles. The molecule has 198 valence electrons. The normalized spacial score (nSPS) is 14.8. The number of nitrogens with two attached hydrogens (primary N) is 1. The van der Waals surface area contributed by atoms with Crippen LogP contribution in [0.1, 0.15) is 39.7 Å². The van der Waals surface area contributed by atoms with Crippen LogP contribution in [0.25, 0.3) is 10.9 Å². The fourth-order valence-electron chi connectivity index (χ4n) is 3.85. The van der Waals surface area contributed by atoms with E-state index in [2.05, 4.69) is 20.9 Å². The van der Waals surface area contributed by atoms with Gasteiger partial charge in [0.05, 0.1) is 12.6 Å². The van der Waals surface area contributed by atoms with Crippen LogP contribution in [0.3, 0.4) is 0 Å². The van der Waals surface area contributed by atoms with Crippen molar-refractivity contribution in [1.82, 2.24) is 20.9 Å². The number of carboxylic acids is 1. The summed E-state index contributed by atoms with van der Waals surface area (Å²) in [6, 6.07) is 3.12. The van der Waals surface area contributed by atoms with Crippen molar-refractivity contribution in [2.45, 2.75) is 64.7 Å². The molecule has 0 aliphatic heterocycles. The van der Waals surface area contributed by atoms with Gasteiger partial charge in [-0.1, -0.05) is 45.9 Å². The summed E-state index contributed by atoms with van der Waals surface area (Å²) in [5.74, 6) is -3.63. The smallest absolute Gasteiger partial charge is 0.326 e. The van der Waals surface area contributed by atoms with E-state index >= 15 is 0 Å². The second-order valence-electron chi connectivity index (χ2n) is 9.67. The van der Waals surface area contributed by atoms with E-state index in [0.29, 0.717) is 0 Å². The summed E-state index contributed by atoms with van der Waals surface area (Å²) in [5.41, 5.74) is 7.92. The number of amides is 3. The molecule has 4 atom stereocenters. The third-order valence-corrected chi connectivity index (χ3v) is 5.84. The lowest BCUT2D eigenvalue weighted by molar-refractivity contribution is -0.143. The number of aliphatic hydroxyl groups excluding tert-OH is 1. The zero-order chi connectivity index (χ0) is 27.0. The molecule has 0 radical (unpaired) electrons. The molecule has 0 fully saturated rings. The van der Waals surface area contributed by atoms with E-state index in [1.807, 2.05) is 38.1 Å². The van der Waals surface area contributed by atoms with Crippen LogP contribution in [-0.2, 0) is 25.6 Å². The number of aliphatic carboxylic acids is 1. The van der Waals surface area contributed by atoms with Crippen LogP contribution < -0.4 is 21.7 Å². The zero-order valence-corrected chi connectivity index (χ0v) is 21.1. The monoisotopic (exact) mass is 503 g/mol. The number of hydrogen-bond acceptors (Lipinski definition) is 6. The largest absolute Gasteiger partial charge is 0.480 e. The number of carbonyl (C=O) groups excluding carboxylic acids is 3. The van der Waals surface area contributed by atoms with Gasteiger partial charge in [-0.15, -0.1) is 0 Å². The van der Waals surface area contributed by atoms with Gasteiger partial charge >= 0.3 is 5.97 Å². The lowest BCUT2D eigenvalue weighted by atomic mass is 10.0. The van der Waals surface area contributed by atoms with Gasteiger partial charge in [-0.25, -0.2) is 4.79 Å². The summed E-state index contributed by atoms with van der Waals surface area (Å²) in [4.78, 5) is 52.9. The third-order valence-electron chi connectivity index (χ3n) is 5.84. The van der Waals surface area contributed by atoms with Crippen LogP contribution in [-0.4, -0.2) is 69.7 Å². The van der Waals surface area contributed by atoms with Gasteiger partial charge in [0.1, 0.15) is 18.1 Å². The number of benzene rings is 1. The Morgan fingerprint density at radius 2 is 1.58 bits per heavy atom. The molecule has 1 aromatic carbocycles. The molecular weight excluding hydrogens is 466 g/mol. The van der Waals surface area contributed by atoms with E-state index in [4.69, 9.17) is 5.73 Å². The van der Waals surface area contributed by atoms with Crippen molar-refractivity contribution in [3.05, 3.63) is 36.0 Å². The van der Waals surface area contributed by atoms with E-state index in [0.717, 1.165) is 16.5 Å². The topological polar surface area (TPSA) is 187 Å². The van der Waals surface area contributed by atoms with Crippen LogP contribution in [0, 0.1) is 11.8 Å². The number of fused-ring (bicyclic) bond motifs is 1. The molecule has 1 aromatic heterocycles. The molecule has 3 amide bonds. The summed E-state index contributed by atoms with van der Waals surface area (Å²) in [7, 11) is 0. The Morgan fingerprint density at radius 1 is 0.944 bits per heavy atom. The maximum absolute atomic E-state index is 12.9. The maximum Gasteiger partial charge on any atom is 0.326 e. The first-order chi connectivity index (χ1) is 16.9. The Morgan fingerprint density at radius 3 is 2.17 bits per heavy atom. The Balaban J connectivity index is 2.03. The fourth-order valence-corrected chi connectivity index (χ4v) is 3.85. The van der Waals surface area contributed by atoms with Gasteiger partial charge in [0, 0.05) is 17.1 Å². The van der Waals surface area contributed by atoms with Crippen LogP contribution >= 0.6 is 0 Å². The Labute approximate surface area is 210 Å². The predicted octanol–water partition coefficient (Wildman–Crippen LogP) is 0.271. The lowest BCUT2D eigenvalue weighted by Crippen LogP contribution is -2.59. The number of hydrogen-bond donors (Lipinski definition) is 7. The molecule has 11 heteroatoms. The highest BCUT2D eigenvalue weighted by atomic mass is 16.4. The molecule has 0 spiro atoms. The van der Waals surface area contributed by atoms with Crippen LogP contribution in [0.15, 0.2) is 30.5 Å². The molecule has 2 rings (SSSR count). The van der Waals surface area contributed by atoms with Crippen molar-refractivity contribution in [3.8, 4) is 0 Å². The number of para-hydroxylation sites is 1. The molecule has 1 heterocycles. The lowest BCUT2D eigenvalue weighted by Gasteiger charge is -2.26. The van der Waals surface area contributed by atoms with E-state index < -0.39 is 54.5 Å². The average Bonchev–Trinajstić information content (AvgIpc) is 3.22. The Hall–Kier alpha value is -3.44. The Kier molecular flexibility index (Phi) is 10.4. The number of rotatable bonds is 13. The number of aromatic amines is 1. The van der Waals surface area contributed by atoms with Gasteiger partial charge in [0.15, 0.2) is 0 Å². The summed E-state index contributed by atoms with van der Waals surface area (Å²) in [6.45, 7) is 6.31. The second-order valence-corrected chi connectivity index (χ2v) is 9.67. The zero-order valence-electron chi connectivity index (χ0n) is 21.1. The average molecular weight is 504 g/mol. The minimum Gasteiger partial charge on any atom is -0.480 e. The highest BCUT2D eigenvalue weighted by Crippen LogP contribution is 2.19. The molecule has 4 unspecified atom stereocenters. The van der Waals surface area contributed by atoms with Gasteiger partial charge in [0.2, 0.25) is 17.7 Å². The highest BCUT2D eigenvalue weighted by Gasteiger charge is 2.31. The quantitative estimate of drug-likeness (QED) is 0.204. The van der Waals surface area contributed by atoms with Crippen molar-refractivity contribution in [1.29, 1.82) is 0 Å². The van der Waals surface area contributed by atoms with Crippen LogP contribution in [0.4, 0.5) is 0 Å². The second kappa shape index (κ2) is 13.0. The molecule has 36 heavy (non-hydrogen) atoms. The molecule has 0 aliphatic rings. The molecule has 0 aliphatic carbocycles. The first-order valence-electron chi connectivity index (χ1n) is 12.0. The van der Waals surface area contributed by atoms with Gasteiger partial charge in [-0.3, -0.25) is 14.4 Å². The number of aliphatic hydroxyl groups is 1. The summed E-state index contributed by atoms with van der Waals surface area (Å²) >= 11 is 0. The number of nitrogens with one attached hydrogen (secondary N) is 4. The molecule has 0 saturated heterocycles. The molecular formula is C25H37N5O6. The molecule has 8 N–H and O–H groups in total. The van der Waals surface area contributed by atoms with Gasteiger partial charge in [0.25, 0.3) is 0 Å². The molecule has 2 aromatic rings. The summed E-state index contributed by atoms with van der Waals surface area (Å²) in [6.07, 6.45) is 2.22. The number of carboxylic acid groups (broad SMARTS) is 1. The van der Waals surface area contributed by atoms with E-state index in [1.54, 1.807) is 20.0 Å². The number of H-pyrrole nitrogens is 1. The maximum atomic E-state index is 12.9. The molecule has 0 bridgehead atoms. The Bertz CT molecular complexity index is 1070. The van der Waals surface area contributed by atoms with Crippen molar-refractivity contribution in [2.24, 2.45) is 17.6 Å². The highest BCUT2D eigenvalue weighted by molar-refractivity contribution is 5.94. The fraction of sp³-hybridized carbons (Fsp3) is 0.520.